The highest BCUT2D eigenvalue weighted by atomic mass is 79.9. The molecule has 31 heavy (non-hydrogen) atoms. The van der Waals surface area contributed by atoms with Crippen LogP contribution in [0.25, 0.3) is 0 Å². The summed E-state index contributed by atoms with van der Waals surface area (Å²) >= 11 is 3.51. The highest BCUT2D eigenvalue weighted by Crippen LogP contribution is 2.33. The van der Waals surface area contributed by atoms with Crippen LogP contribution < -0.4 is 14.9 Å². The quantitative estimate of drug-likeness (QED) is 0.332. The van der Waals surface area contributed by atoms with Gasteiger partial charge in [0.15, 0.2) is 11.5 Å². The van der Waals surface area contributed by atoms with Crippen LogP contribution >= 0.6 is 15.9 Å². The number of nitrogens with zero attached hydrogens (tertiary/aromatic N) is 1. The third-order valence-corrected chi connectivity index (χ3v) is 4.96. The van der Waals surface area contributed by atoms with Crippen molar-refractivity contribution in [1.82, 2.24) is 5.43 Å². The van der Waals surface area contributed by atoms with Gasteiger partial charge >= 0.3 is 0 Å². The van der Waals surface area contributed by atoms with Crippen LogP contribution in [0.3, 0.4) is 0 Å². The lowest BCUT2D eigenvalue weighted by Crippen LogP contribution is -2.19. The van der Waals surface area contributed by atoms with Gasteiger partial charge in [-0.05, 0) is 58.2 Å². The van der Waals surface area contributed by atoms with E-state index in [0.29, 0.717) is 30.3 Å². The first-order chi connectivity index (χ1) is 15.0. The zero-order chi connectivity index (χ0) is 22.1. The standard InChI is InChI=1S/C24H22BrFN2O3/c1-2-30-22-13-19(15-27-28-24(29)12-17-8-10-20(26)11-9-17)21(25)14-23(22)31-16-18-6-4-3-5-7-18/h3-11,13-15H,2,12,16H2,1H3,(H,28,29)/b27-15+. The zero-order valence-corrected chi connectivity index (χ0v) is 18.6. The van der Waals surface area contributed by atoms with Crippen molar-refractivity contribution in [1.29, 1.82) is 0 Å². The molecule has 160 valence electrons. The summed E-state index contributed by atoms with van der Waals surface area (Å²) in [5.41, 5.74) is 4.95. The molecule has 7 heteroatoms. The summed E-state index contributed by atoms with van der Waals surface area (Å²) in [5.74, 6) is 0.552. The maximum Gasteiger partial charge on any atom is 0.244 e. The number of amides is 1. The van der Waals surface area contributed by atoms with Crippen molar-refractivity contribution in [2.24, 2.45) is 5.10 Å². The molecule has 0 aliphatic heterocycles. The van der Waals surface area contributed by atoms with E-state index in [9.17, 15) is 9.18 Å². The molecular weight excluding hydrogens is 463 g/mol. The lowest BCUT2D eigenvalue weighted by Gasteiger charge is -2.14. The van der Waals surface area contributed by atoms with E-state index < -0.39 is 0 Å². The summed E-state index contributed by atoms with van der Waals surface area (Å²) in [4.78, 5) is 12.0. The number of carbonyl (C=O) groups excluding carboxylic acids is 1. The van der Waals surface area contributed by atoms with Gasteiger partial charge < -0.3 is 9.47 Å². The molecule has 0 saturated carbocycles. The Balaban J connectivity index is 1.65. The van der Waals surface area contributed by atoms with E-state index in [1.165, 1.54) is 18.3 Å². The van der Waals surface area contributed by atoms with E-state index in [1.807, 2.05) is 43.3 Å². The second kappa shape index (κ2) is 11.3. The molecule has 1 amide bonds. The smallest absolute Gasteiger partial charge is 0.244 e. The number of hydrogen-bond donors (Lipinski definition) is 1. The van der Waals surface area contributed by atoms with Gasteiger partial charge in [0.2, 0.25) is 5.91 Å². The molecule has 0 heterocycles. The van der Waals surface area contributed by atoms with Crippen LogP contribution in [0, 0.1) is 5.82 Å². The van der Waals surface area contributed by atoms with Gasteiger partial charge in [-0.3, -0.25) is 4.79 Å². The summed E-state index contributed by atoms with van der Waals surface area (Å²) in [6, 6.07) is 19.2. The van der Waals surface area contributed by atoms with Crippen molar-refractivity contribution in [3.8, 4) is 11.5 Å². The van der Waals surface area contributed by atoms with Gasteiger partial charge in [-0.15, -0.1) is 0 Å². The Morgan fingerprint density at radius 1 is 1.03 bits per heavy atom. The van der Waals surface area contributed by atoms with E-state index in [0.717, 1.165) is 15.6 Å². The molecule has 0 aliphatic carbocycles. The van der Waals surface area contributed by atoms with Crippen molar-refractivity contribution >= 4 is 28.1 Å². The van der Waals surface area contributed by atoms with Crippen LogP contribution in [0.15, 0.2) is 76.3 Å². The fraction of sp³-hybridized carbons (Fsp3) is 0.167. The summed E-state index contributed by atoms with van der Waals surface area (Å²) in [7, 11) is 0. The third kappa shape index (κ3) is 6.93. The average molecular weight is 485 g/mol. The van der Waals surface area contributed by atoms with E-state index in [1.54, 1.807) is 18.2 Å². The fourth-order valence-corrected chi connectivity index (χ4v) is 3.19. The zero-order valence-electron chi connectivity index (χ0n) is 17.0. The normalized spacial score (nSPS) is 10.8. The molecule has 0 spiro atoms. The monoisotopic (exact) mass is 484 g/mol. The SMILES string of the molecule is CCOc1cc(/C=N/NC(=O)Cc2ccc(F)cc2)c(Br)cc1OCc1ccccc1. The van der Waals surface area contributed by atoms with E-state index in [2.05, 4.69) is 26.5 Å². The Hall–Kier alpha value is -3.19. The Bertz CT molecular complexity index is 1040. The van der Waals surface area contributed by atoms with E-state index in [-0.39, 0.29) is 18.1 Å². The van der Waals surface area contributed by atoms with E-state index >= 15 is 0 Å². The molecule has 1 N–H and O–H groups in total. The molecule has 0 unspecified atom stereocenters. The number of halogens is 2. The number of carbonyl (C=O) groups is 1. The number of ether oxygens (including phenoxy) is 2. The molecule has 5 nitrogen and oxygen atoms in total. The third-order valence-electron chi connectivity index (χ3n) is 4.27. The van der Waals surface area contributed by atoms with Crippen LogP contribution in [0.5, 0.6) is 11.5 Å². The summed E-state index contributed by atoms with van der Waals surface area (Å²) < 4.78 is 25.3. The number of nitrogens with one attached hydrogen (secondary N) is 1. The number of hydrogen-bond acceptors (Lipinski definition) is 4. The van der Waals surface area contributed by atoms with E-state index in [4.69, 9.17) is 9.47 Å². The highest BCUT2D eigenvalue weighted by Gasteiger charge is 2.11. The van der Waals surface area contributed by atoms with Crippen LogP contribution in [0.4, 0.5) is 4.39 Å². The molecule has 0 atom stereocenters. The first kappa shape index (κ1) is 22.5. The first-order valence-corrected chi connectivity index (χ1v) is 10.5. The summed E-state index contributed by atoms with van der Waals surface area (Å²) in [5, 5.41) is 4.02. The highest BCUT2D eigenvalue weighted by molar-refractivity contribution is 9.10. The predicted octanol–water partition coefficient (Wildman–Crippen LogP) is 5.26. The van der Waals surface area contributed by atoms with Gasteiger partial charge in [-0.2, -0.15) is 5.10 Å². The maximum atomic E-state index is 13.0. The minimum Gasteiger partial charge on any atom is -0.490 e. The van der Waals surface area contributed by atoms with Crippen molar-refractivity contribution in [2.75, 3.05) is 6.61 Å². The molecule has 0 bridgehead atoms. The second-order valence-electron chi connectivity index (χ2n) is 6.62. The minimum atomic E-state index is -0.340. The van der Waals surface area contributed by atoms with Crippen molar-refractivity contribution in [2.45, 2.75) is 20.0 Å². The van der Waals surface area contributed by atoms with Crippen LogP contribution in [0.2, 0.25) is 0 Å². The average Bonchev–Trinajstić information content (AvgIpc) is 2.77. The van der Waals surface area contributed by atoms with Crippen molar-refractivity contribution < 1.29 is 18.7 Å². The Labute approximate surface area is 189 Å². The largest absolute Gasteiger partial charge is 0.490 e. The van der Waals surface area contributed by atoms with Gasteiger partial charge in [0.1, 0.15) is 12.4 Å². The predicted molar refractivity (Wildman–Crippen MR) is 122 cm³/mol. The molecule has 3 aromatic rings. The Morgan fingerprint density at radius 3 is 2.45 bits per heavy atom. The number of benzene rings is 3. The van der Waals surface area contributed by atoms with Crippen molar-refractivity contribution in [3.05, 3.63) is 93.7 Å². The van der Waals surface area contributed by atoms with Gasteiger partial charge in [0.05, 0.1) is 19.2 Å². The molecular formula is C24H22BrFN2O3. The number of rotatable bonds is 9. The van der Waals surface area contributed by atoms with Gasteiger partial charge in [0, 0.05) is 10.0 Å². The van der Waals surface area contributed by atoms with Crippen LogP contribution in [-0.4, -0.2) is 18.7 Å². The maximum absolute atomic E-state index is 13.0. The van der Waals surface area contributed by atoms with Gasteiger partial charge in [-0.25, -0.2) is 9.82 Å². The second-order valence-corrected chi connectivity index (χ2v) is 7.48. The topological polar surface area (TPSA) is 59.9 Å². The van der Waals surface area contributed by atoms with Crippen LogP contribution in [-0.2, 0) is 17.8 Å². The van der Waals surface area contributed by atoms with Gasteiger partial charge in [0.25, 0.3) is 0 Å². The summed E-state index contributed by atoms with van der Waals surface area (Å²) in [6.07, 6.45) is 1.63. The summed E-state index contributed by atoms with van der Waals surface area (Å²) in [6.45, 7) is 2.79. The molecule has 0 fully saturated rings. The molecule has 0 saturated heterocycles. The van der Waals surface area contributed by atoms with Crippen molar-refractivity contribution in [3.63, 3.8) is 0 Å². The Kier molecular flexibility index (Phi) is 8.18. The first-order valence-electron chi connectivity index (χ1n) is 9.74. The lowest BCUT2D eigenvalue weighted by atomic mass is 10.1. The number of hydrazone groups is 1. The van der Waals surface area contributed by atoms with Crippen LogP contribution in [0.1, 0.15) is 23.6 Å². The fourth-order valence-electron chi connectivity index (χ4n) is 2.77. The Morgan fingerprint density at radius 2 is 1.74 bits per heavy atom. The molecule has 3 rings (SSSR count). The molecule has 3 aromatic carbocycles. The molecule has 0 radical (unpaired) electrons. The molecule has 0 aliphatic rings. The van der Waals surface area contributed by atoms with Gasteiger partial charge in [-0.1, -0.05) is 42.5 Å². The minimum absolute atomic E-state index is 0.106. The molecule has 0 aromatic heterocycles. The lowest BCUT2D eigenvalue weighted by molar-refractivity contribution is -0.120.